The molecular formula is C16H22N2O3. The van der Waals surface area contributed by atoms with Crippen LogP contribution < -0.4 is 5.32 Å². The molecule has 0 aromatic heterocycles. The first-order valence-electron chi connectivity index (χ1n) is 7.10. The Balaban J connectivity index is 2.11. The van der Waals surface area contributed by atoms with Crippen molar-refractivity contribution >= 4 is 11.9 Å². The van der Waals surface area contributed by atoms with Crippen LogP contribution in [0.25, 0.3) is 0 Å². The smallest absolute Gasteiger partial charge is 0.312 e. The Hall–Kier alpha value is -1.88. The maximum absolute atomic E-state index is 12.0. The van der Waals surface area contributed by atoms with Crippen molar-refractivity contribution in [2.75, 3.05) is 13.1 Å². The Bertz CT molecular complexity index is 549. The van der Waals surface area contributed by atoms with E-state index in [9.17, 15) is 14.7 Å². The van der Waals surface area contributed by atoms with E-state index in [0.717, 1.165) is 11.1 Å². The van der Waals surface area contributed by atoms with Crippen LogP contribution in [0, 0.1) is 0 Å². The molecule has 114 valence electrons. The number of amides is 1. The lowest BCUT2D eigenvalue weighted by Gasteiger charge is -2.33. The first kappa shape index (κ1) is 15.5. The number of carboxylic acids is 1. The number of fused-ring (bicyclic) bond motifs is 1. The largest absolute Gasteiger partial charge is 0.481 e. The fourth-order valence-corrected chi connectivity index (χ4v) is 2.67. The number of aliphatic carboxylic acids is 1. The molecule has 0 saturated carbocycles. The third kappa shape index (κ3) is 4.04. The van der Waals surface area contributed by atoms with E-state index in [2.05, 4.69) is 5.32 Å². The summed E-state index contributed by atoms with van der Waals surface area (Å²) >= 11 is 0. The summed E-state index contributed by atoms with van der Waals surface area (Å²) in [6.07, 6.45) is 0. The number of benzene rings is 1. The van der Waals surface area contributed by atoms with Gasteiger partial charge >= 0.3 is 5.97 Å². The highest BCUT2D eigenvalue weighted by atomic mass is 16.4. The van der Waals surface area contributed by atoms with Crippen molar-refractivity contribution in [2.24, 2.45) is 0 Å². The summed E-state index contributed by atoms with van der Waals surface area (Å²) in [7, 11) is 0. The first-order valence-corrected chi connectivity index (χ1v) is 7.10. The topological polar surface area (TPSA) is 69.6 Å². The zero-order valence-corrected chi connectivity index (χ0v) is 12.7. The highest BCUT2D eigenvalue weighted by Gasteiger charge is 2.31. The molecule has 0 fully saturated rings. The second kappa shape index (κ2) is 5.85. The molecule has 2 rings (SSSR count). The van der Waals surface area contributed by atoms with Gasteiger partial charge < -0.3 is 10.4 Å². The zero-order chi connectivity index (χ0) is 15.6. The number of hydrogen-bond donors (Lipinski definition) is 2. The maximum Gasteiger partial charge on any atom is 0.312 e. The van der Waals surface area contributed by atoms with Crippen molar-refractivity contribution in [3.05, 3.63) is 35.4 Å². The van der Waals surface area contributed by atoms with Gasteiger partial charge in [-0.25, -0.2) is 0 Å². The van der Waals surface area contributed by atoms with Crippen LogP contribution in [0.2, 0.25) is 0 Å². The van der Waals surface area contributed by atoms with Crippen molar-refractivity contribution in [3.63, 3.8) is 0 Å². The van der Waals surface area contributed by atoms with Crippen molar-refractivity contribution in [1.82, 2.24) is 10.2 Å². The summed E-state index contributed by atoms with van der Waals surface area (Å²) in [5, 5.41) is 12.3. The molecule has 0 aliphatic carbocycles. The quantitative estimate of drug-likeness (QED) is 0.887. The number of hydrogen-bond acceptors (Lipinski definition) is 3. The second-order valence-electron chi connectivity index (χ2n) is 6.56. The lowest BCUT2D eigenvalue weighted by atomic mass is 9.90. The van der Waals surface area contributed by atoms with Crippen LogP contribution in [0.5, 0.6) is 0 Å². The van der Waals surface area contributed by atoms with Gasteiger partial charge in [-0.2, -0.15) is 0 Å². The molecule has 5 heteroatoms. The van der Waals surface area contributed by atoms with E-state index in [1.807, 2.05) is 49.9 Å². The van der Waals surface area contributed by atoms with Crippen LogP contribution >= 0.6 is 0 Å². The number of rotatable bonds is 3. The van der Waals surface area contributed by atoms with Crippen LogP contribution in [-0.4, -0.2) is 40.5 Å². The molecule has 2 N–H and O–H groups in total. The van der Waals surface area contributed by atoms with E-state index >= 15 is 0 Å². The van der Waals surface area contributed by atoms with Crippen molar-refractivity contribution in [1.29, 1.82) is 0 Å². The van der Waals surface area contributed by atoms with Crippen molar-refractivity contribution in [3.8, 4) is 0 Å². The van der Waals surface area contributed by atoms with Crippen molar-refractivity contribution in [2.45, 2.75) is 38.8 Å². The van der Waals surface area contributed by atoms with E-state index in [1.54, 1.807) is 0 Å². The Labute approximate surface area is 125 Å². The number of carboxylic acid groups (broad SMARTS) is 1. The molecule has 1 unspecified atom stereocenters. The number of nitrogens with zero attached hydrogens (tertiary/aromatic N) is 1. The molecule has 0 radical (unpaired) electrons. The molecule has 0 bridgehead atoms. The average molecular weight is 290 g/mol. The van der Waals surface area contributed by atoms with Gasteiger partial charge in [-0.05, 0) is 31.9 Å². The van der Waals surface area contributed by atoms with E-state index < -0.39 is 11.9 Å². The van der Waals surface area contributed by atoms with E-state index in [0.29, 0.717) is 13.1 Å². The Morgan fingerprint density at radius 3 is 2.62 bits per heavy atom. The van der Waals surface area contributed by atoms with Gasteiger partial charge in [0.05, 0.1) is 12.5 Å². The SMILES string of the molecule is CC(C)(C)NC(=O)CN1Cc2ccccc2C(C(=O)O)C1. The molecule has 5 nitrogen and oxygen atoms in total. The van der Waals surface area contributed by atoms with Gasteiger partial charge in [0.1, 0.15) is 0 Å². The molecule has 21 heavy (non-hydrogen) atoms. The first-order chi connectivity index (χ1) is 9.76. The molecule has 1 aliphatic rings. The number of carbonyl (C=O) groups is 2. The van der Waals surface area contributed by atoms with Gasteiger partial charge in [0, 0.05) is 18.6 Å². The summed E-state index contributed by atoms with van der Waals surface area (Å²) in [4.78, 5) is 25.4. The Morgan fingerprint density at radius 2 is 2.00 bits per heavy atom. The summed E-state index contributed by atoms with van der Waals surface area (Å²) in [6, 6.07) is 7.55. The molecule has 0 saturated heterocycles. The molecular weight excluding hydrogens is 268 g/mol. The molecule has 1 heterocycles. The van der Waals surface area contributed by atoms with Gasteiger partial charge in [-0.3, -0.25) is 14.5 Å². The summed E-state index contributed by atoms with van der Waals surface area (Å²) in [6.45, 7) is 6.97. The van der Waals surface area contributed by atoms with Crippen LogP contribution in [0.4, 0.5) is 0 Å². The highest BCUT2D eigenvalue weighted by Crippen LogP contribution is 2.28. The predicted octanol–water partition coefficient (Wildman–Crippen LogP) is 1.59. The molecule has 1 aliphatic heterocycles. The lowest BCUT2D eigenvalue weighted by molar-refractivity contribution is -0.140. The Morgan fingerprint density at radius 1 is 1.33 bits per heavy atom. The fourth-order valence-electron chi connectivity index (χ4n) is 2.67. The minimum Gasteiger partial charge on any atom is -0.481 e. The highest BCUT2D eigenvalue weighted by molar-refractivity contribution is 5.80. The van der Waals surface area contributed by atoms with E-state index in [-0.39, 0.29) is 18.0 Å². The summed E-state index contributed by atoms with van der Waals surface area (Å²) < 4.78 is 0. The van der Waals surface area contributed by atoms with Crippen LogP contribution in [-0.2, 0) is 16.1 Å². The molecule has 1 atom stereocenters. The van der Waals surface area contributed by atoms with Gasteiger partial charge in [-0.1, -0.05) is 24.3 Å². The summed E-state index contributed by atoms with van der Waals surface area (Å²) in [5.41, 5.74) is 1.56. The Kier molecular flexibility index (Phi) is 4.32. The molecule has 1 aromatic carbocycles. The fraction of sp³-hybridized carbons (Fsp3) is 0.500. The minimum atomic E-state index is -0.844. The summed E-state index contributed by atoms with van der Waals surface area (Å²) in [5.74, 6) is -1.49. The van der Waals surface area contributed by atoms with E-state index in [1.165, 1.54) is 0 Å². The van der Waals surface area contributed by atoms with Crippen LogP contribution in [0.3, 0.4) is 0 Å². The van der Waals surface area contributed by atoms with Gasteiger partial charge in [0.25, 0.3) is 0 Å². The predicted molar refractivity (Wildman–Crippen MR) is 80.0 cm³/mol. The number of carbonyl (C=O) groups excluding carboxylic acids is 1. The zero-order valence-electron chi connectivity index (χ0n) is 12.7. The standard InChI is InChI=1S/C16H22N2O3/c1-16(2,3)17-14(19)10-18-8-11-6-4-5-7-12(11)13(9-18)15(20)21/h4-7,13H,8-10H2,1-3H3,(H,17,19)(H,20,21). The van der Waals surface area contributed by atoms with Gasteiger partial charge in [-0.15, -0.1) is 0 Å². The second-order valence-corrected chi connectivity index (χ2v) is 6.56. The minimum absolute atomic E-state index is 0.0778. The van der Waals surface area contributed by atoms with Crippen LogP contribution in [0.15, 0.2) is 24.3 Å². The maximum atomic E-state index is 12.0. The third-order valence-corrected chi connectivity index (χ3v) is 3.44. The molecule has 0 spiro atoms. The van der Waals surface area contributed by atoms with Gasteiger partial charge in [0.15, 0.2) is 0 Å². The molecule has 1 amide bonds. The lowest BCUT2D eigenvalue weighted by Crippen LogP contribution is -2.47. The van der Waals surface area contributed by atoms with Gasteiger partial charge in [0.2, 0.25) is 5.91 Å². The average Bonchev–Trinajstić information content (AvgIpc) is 2.35. The normalized spacial score (nSPS) is 18.9. The van der Waals surface area contributed by atoms with Crippen molar-refractivity contribution < 1.29 is 14.7 Å². The number of nitrogens with one attached hydrogen (secondary N) is 1. The van der Waals surface area contributed by atoms with Crippen LogP contribution in [0.1, 0.15) is 37.8 Å². The third-order valence-electron chi connectivity index (χ3n) is 3.44. The monoisotopic (exact) mass is 290 g/mol. The molecule has 1 aromatic rings. The van der Waals surface area contributed by atoms with E-state index in [4.69, 9.17) is 0 Å².